The fourth-order valence-electron chi connectivity index (χ4n) is 3.69. The molecule has 0 atom stereocenters. The van der Waals surface area contributed by atoms with E-state index in [4.69, 9.17) is 0 Å². The lowest BCUT2D eigenvalue weighted by Gasteiger charge is -2.25. The van der Waals surface area contributed by atoms with E-state index in [1.54, 1.807) is 0 Å². The summed E-state index contributed by atoms with van der Waals surface area (Å²) in [4.78, 5) is 0. The van der Waals surface area contributed by atoms with Crippen LogP contribution in [0.4, 0.5) is 0 Å². The lowest BCUT2D eigenvalue weighted by atomic mass is 9.80. The lowest BCUT2D eigenvalue weighted by molar-refractivity contribution is 0.977. The largest absolute Gasteiger partial charge is 0.0949 e. The van der Waals surface area contributed by atoms with Crippen molar-refractivity contribution in [3.05, 3.63) is 100 Å². The van der Waals surface area contributed by atoms with Gasteiger partial charge >= 0.3 is 0 Å². The van der Waals surface area contributed by atoms with Crippen LogP contribution in [-0.2, 0) is 12.8 Å². The molecule has 2 aliphatic rings. The van der Waals surface area contributed by atoms with Gasteiger partial charge in [-0.05, 0) is 76.8 Å². The summed E-state index contributed by atoms with van der Waals surface area (Å²) in [6.07, 6.45) is 10.1. The van der Waals surface area contributed by atoms with Crippen LogP contribution in [-0.4, -0.2) is 0 Å². The zero-order valence-corrected chi connectivity index (χ0v) is 14.2. The molecule has 0 fully saturated rings. The topological polar surface area (TPSA) is 0 Å². The molecule has 24 heavy (non-hydrogen) atoms. The second-order valence-electron chi connectivity index (χ2n) is 6.84. The number of rotatable bonds is 2. The van der Waals surface area contributed by atoms with Gasteiger partial charge in [0.05, 0.1) is 0 Å². The second kappa shape index (κ2) is 5.79. The van der Waals surface area contributed by atoms with E-state index in [1.807, 2.05) is 0 Å². The van der Waals surface area contributed by atoms with Crippen molar-refractivity contribution in [3.63, 3.8) is 0 Å². The zero-order valence-electron chi connectivity index (χ0n) is 14.2. The average Bonchev–Trinajstić information content (AvgIpc) is 2.61. The molecule has 0 spiro atoms. The maximum absolute atomic E-state index is 4.37. The molecule has 4 rings (SSSR count). The Bertz CT molecular complexity index is 902. The van der Waals surface area contributed by atoms with Crippen LogP contribution >= 0.6 is 0 Å². The monoisotopic (exact) mass is 310 g/mol. The zero-order chi connectivity index (χ0) is 16.7. The van der Waals surface area contributed by atoms with Crippen molar-refractivity contribution in [3.8, 4) is 0 Å². The first-order valence-electron chi connectivity index (χ1n) is 8.61. The van der Waals surface area contributed by atoms with Gasteiger partial charge in [0.1, 0.15) is 0 Å². The Labute approximate surface area is 144 Å². The van der Waals surface area contributed by atoms with Crippen LogP contribution in [0.1, 0.15) is 39.8 Å². The van der Waals surface area contributed by atoms with Gasteiger partial charge in [-0.15, -0.1) is 0 Å². The molecule has 0 saturated heterocycles. The smallest absolute Gasteiger partial charge is 0.00193 e. The van der Waals surface area contributed by atoms with Crippen LogP contribution in [0.3, 0.4) is 0 Å². The summed E-state index contributed by atoms with van der Waals surface area (Å²) >= 11 is 0. The summed E-state index contributed by atoms with van der Waals surface area (Å²) in [7, 11) is 0. The summed E-state index contributed by atoms with van der Waals surface area (Å²) < 4.78 is 0. The van der Waals surface area contributed by atoms with E-state index < -0.39 is 0 Å². The highest BCUT2D eigenvalue weighted by molar-refractivity contribution is 5.91. The standard InChI is InChI=1S/C24H22/c1-16-8-10-19(11-9-16)18(3)23-15-24-21(14-17(23)2)13-12-20-6-4-5-7-22(20)24/h5,7-13,15H,2-4,6,14H2,1H3. The fraction of sp³-hybridized carbons (Fsp3) is 0.167. The molecule has 0 radical (unpaired) electrons. The fourth-order valence-corrected chi connectivity index (χ4v) is 3.69. The Morgan fingerprint density at radius 1 is 0.958 bits per heavy atom. The minimum absolute atomic E-state index is 0.910. The van der Waals surface area contributed by atoms with Crippen molar-refractivity contribution in [1.82, 2.24) is 0 Å². The van der Waals surface area contributed by atoms with Crippen molar-refractivity contribution >= 4 is 17.7 Å². The van der Waals surface area contributed by atoms with Crippen molar-refractivity contribution in [1.29, 1.82) is 0 Å². The number of hydrogen-bond acceptors (Lipinski definition) is 0. The van der Waals surface area contributed by atoms with Gasteiger partial charge in [0.2, 0.25) is 0 Å². The molecule has 0 amide bonds. The maximum atomic E-state index is 4.37. The van der Waals surface area contributed by atoms with E-state index in [-0.39, 0.29) is 0 Å². The summed E-state index contributed by atoms with van der Waals surface area (Å²) in [5.41, 5.74) is 11.5. The van der Waals surface area contributed by atoms with Crippen molar-refractivity contribution < 1.29 is 0 Å². The molecular weight excluding hydrogens is 288 g/mol. The minimum Gasteiger partial charge on any atom is -0.0949 e. The molecule has 0 heteroatoms. The molecule has 0 N–H and O–H groups in total. The molecular formula is C24H22. The first-order valence-corrected chi connectivity index (χ1v) is 8.61. The van der Waals surface area contributed by atoms with E-state index in [1.165, 1.54) is 39.0 Å². The summed E-state index contributed by atoms with van der Waals surface area (Å²) in [5.74, 6) is 0. The van der Waals surface area contributed by atoms with Gasteiger partial charge in [0, 0.05) is 0 Å². The maximum Gasteiger partial charge on any atom is -0.00193 e. The van der Waals surface area contributed by atoms with E-state index in [0.717, 1.165) is 30.4 Å². The quantitative estimate of drug-likeness (QED) is 0.623. The molecule has 0 unspecified atom stereocenters. The molecule has 0 aromatic heterocycles. The van der Waals surface area contributed by atoms with Crippen LogP contribution in [0, 0.1) is 6.92 Å². The number of hydrogen-bond donors (Lipinski definition) is 0. The van der Waals surface area contributed by atoms with Crippen LogP contribution < -0.4 is 0 Å². The number of allylic oxidation sites excluding steroid dienone is 4. The van der Waals surface area contributed by atoms with Crippen LogP contribution in [0.15, 0.2) is 66.8 Å². The third-order valence-corrected chi connectivity index (χ3v) is 5.13. The Morgan fingerprint density at radius 2 is 1.71 bits per heavy atom. The van der Waals surface area contributed by atoms with Crippen molar-refractivity contribution in [2.45, 2.75) is 26.2 Å². The summed E-state index contributed by atoms with van der Waals surface area (Å²) in [5, 5.41) is 0. The first kappa shape index (κ1) is 15.0. The second-order valence-corrected chi connectivity index (χ2v) is 6.84. The van der Waals surface area contributed by atoms with Gasteiger partial charge in [-0.25, -0.2) is 0 Å². The van der Waals surface area contributed by atoms with Gasteiger partial charge in [-0.3, -0.25) is 0 Å². The highest BCUT2D eigenvalue weighted by Gasteiger charge is 2.20. The summed E-state index contributed by atoms with van der Waals surface area (Å²) in [6, 6.07) is 13.2. The first-order chi connectivity index (χ1) is 11.6. The van der Waals surface area contributed by atoms with Gasteiger partial charge < -0.3 is 0 Å². The van der Waals surface area contributed by atoms with E-state index >= 15 is 0 Å². The molecule has 0 bridgehead atoms. The number of benzene rings is 2. The van der Waals surface area contributed by atoms with Gasteiger partial charge in [0.25, 0.3) is 0 Å². The highest BCUT2D eigenvalue weighted by atomic mass is 14.2. The Balaban J connectivity index is 1.81. The van der Waals surface area contributed by atoms with E-state index in [2.05, 4.69) is 74.7 Å². The molecule has 2 aliphatic carbocycles. The third kappa shape index (κ3) is 2.49. The van der Waals surface area contributed by atoms with Crippen LogP contribution in [0.2, 0.25) is 0 Å². The molecule has 2 aromatic rings. The van der Waals surface area contributed by atoms with Gasteiger partial charge in [0.15, 0.2) is 0 Å². The molecule has 0 nitrogen and oxygen atoms in total. The molecule has 118 valence electrons. The Kier molecular flexibility index (Phi) is 3.61. The Hall–Kier alpha value is -2.60. The van der Waals surface area contributed by atoms with Gasteiger partial charge in [-0.1, -0.05) is 67.3 Å². The van der Waals surface area contributed by atoms with Crippen LogP contribution in [0.5, 0.6) is 0 Å². The SMILES string of the molecule is C=C1Cc2ccc3c(c2C=C1C(=C)c1ccc(C)cc1)C=CCC3. The third-order valence-electron chi connectivity index (χ3n) is 5.13. The lowest BCUT2D eigenvalue weighted by Crippen LogP contribution is -2.08. The van der Waals surface area contributed by atoms with Crippen LogP contribution in [0.25, 0.3) is 17.7 Å². The predicted molar refractivity (Wildman–Crippen MR) is 105 cm³/mol. The van der Waals surface area contributed by atoms with Gasteiger partial charge in [-0.2, -0.15) is 0 Å². The van der Waals surface area contributed by atoms with Crippen molar-refractivity contribution in [2.75, 3.05) is 0 Å². The minimum atomic E-state index is 0.910. The molecule has 0 heterocycles. The van der Waals surface area contributed by atoms with Crippen molar-refractivity contribution in [2.24, 2.45) is 0 Å². The normalized spacial score (nSPS) is 15.5. The average molecular weight is 310 g/mol. The predicted octanol–water partition coefficient (Wildman–Crippen LogP) is 6.16. The molecule has 0 saturated carbocycles. The Morgan fingerprint density at radius 3 is 2.50 bits per heavy atom. The van der Waals surface area contributed by atoms with E-state index in [9.17, 15) is 0 Å². The highest BCUT2D eigenvalue weighted by Crippen LogP contribution is 2.38. The summed E-state index contributed by atoms with van der Waals surface area (Å²) in [6.45, 7) is 10.8. The molecule has 0 aliphatic heterocycles. The molecule has 2 aromatic carbocycles. The number of aryl methyl sites for hydroxylation is 2. The van der Waals surface area contributed by atoms with E-state index in [0.29, 0.717) is 0 Å². The number of fused-ring (bicyclic) bond motifs is 3.